The molecule has 0 radical (unpaired) electrons. The van der Waals surface area contributed by atoms with Gasteiger partial charge in [-0.15, -0.1) is 5.97 Å². The number of carboxylic acids is 1. The minimum absolute atomic E-state index is 0. The van der Waals surface area contributed by atoms with E-state index in [1.165, 1.54) is 77.0 Å². The molecule has 0 saturated heterocycles. The van der Waals surface area contributed by atoms with Crippen molar-refractivity contribution in [1.29, 1.82) is 0 Å². The summed E-state index contributed by atoms with van der Waals surface area (Å²) >= 11 is 0. The first-order valence-electron chi connectivity index (χ1n) is 7.97. The zero-order valence-corrected chi connectivity index (χ0v) is 15.0. The topological polar surface area (TPSA) is 40.1 Å². The van der Waals surface area contributed by atoms with Crippen molar-refractivity contribution in [3.05, 3.63) is 13.8 Å². The largest absolute Gasteiger partial charge is 2.00 e. The van der Waals surface area contributed by atoms with E-state index in [0.717, 1.165) is 6.42 Å². The number of unbranched alkanes of at least 4 members (excludes halogenated alkanes) is 12. The Bertz CT molecular complexity index is 156. The Balaban J connectivity index is -0.000000508. The van der Waals surface area contributed by atoms with E-state index >= 15 is 0 Å². The van der Waals surface area contributed by atoms with Gasteiger partial charge in [-0.1, -0.05) is 84.0 Å². The second-order valence-electron chi connectivity index (χ2n) is 5.11. The van der Waals surface area contributed by atoms with Crippen molar-refractivity contribution in [3.8, 4) is 0 Å². The molecule has 0 aromatic carbocycles. The van der Waals surface area contributed by atoms with Crippen molar-refractivity contribution in [2.24, 2.45) is 0 Å². The van der Waals surface area contributed by atoms with Gasteiger partial charge in [0.15, 0.2) is 0 Å². The van der Waals surface area contributed by atoms with Crippen LogP contribution in [0.3, 0.4) is 0 Å². The van der Waals surface area contributed by atoms with Crippen LogP contribution in [0.1, 0.15) is 90.4 Å². The molecule has 118 valence electrons. The molecule has 2 nitrogen and oxygen atoms in total. The van der Waals surface area contributed by atoms with Crippen LogP contribution in [0.15, 0.2) is 0 Å². The molecule has 0 atom stereocenters. The summed E-state index contributed by atoms with van der Waals surface area (Å²) in [5.41, 5.74) is 0. The zero-order valence-electron chi connectivity index (χ0n) is 13.4. The molecule has 0 aliphatic rings. The third-order valence-electron chi connectivity index (χ3n) is 3.10. The molecule has 3 heteroatoms. The SMILES string of the molecule is [CH2-]C(=O)[O-].[CH2-]CCCCCCCCCCCCCC.[Ti+2]. The fourth-order valence-corrected chi connectivity index (χ4v) is 2.02. The third-order valence-corrected chi connectivity index (χ3v) is 3.10. The molecule has 0 unspecified atom stereocenters. The molecule has 0 fully saturated rings. The Morgan fingerprint density at radius 1 is 0.800 bits per heavy atom. The first-order chi connectivity index (χ1) is 9.15. The molecule has 0 aromatic rings. The molecule has 0 bridgehead atoms. The molecule has 0 heterocycles. The average Bonchev–Trinajstić information content (AvgIpc) is 2.35. The quantitative estimate of drug-likeness (QED) is 0.302. The molecule has 0 aliphatic heterocycles. The van der Waals surface area contributed by atoms with E-state index in [2.05, 4.69) is 20.8 Å². The van der Waals surface area contributed by atoms with E-state index in [1.54, 1.807) is 0 Å². The first kappa shape index (κ1) is 25.0. The predicted molar refractivity (Wildman–Crippen MR) is 81.4 cm³/mol. The van der Waals surface area contributed by atoms with Crippen molar-refractivity contribution in [3.63, 3.8) is 0 Å². The maximum absolute atomic E-state index is 8.78. The van der Waals surface area contributed by atoms with Crippen LogP contribution in [0.4, 0.5) is 0 Å². The molecule has 0 N–H and O–H groups in total. The standard InChI is InChI=1S/C15H31.C2H3O2.Ti/c1-3-5-7-9-11-13-15-14-12-10-8-6-4-2;1-2(3)4;/h1,3-15H2,2H3;1H2,(H,3,4);/q2*-1;+2/p-1. The third kappa shape index (κ3) is 36.1. The van der Waals surface area contributed by atoms with Gasteiger partial charge in [0, 0.05) is 0 Å². The van der Waals surface area contributed by atoms with Crippen LogP contribution in [0, 0.1) is 13.8 Å². The molecule has 20 heavy (non-hydrogen) atoms. The minimum atomic E-state index is -1.33. The van der Waals surface area contributed by atoms with Crippen LogP contribution >= 0.6 is 0 Å². The molecule has 0 rings (SSSR count). The van der Waals surface area contributed by atoms with E-state index in [0.29, 0.717) is 0 Å². The van der Waals surface area contributed by atoms with Gasteiger partial charge in [0.2, 0.25) is 0 Å². The molecule has 0 aliphatic carbocycles. The summed E-state index contributed by atoms with van der Waals surface area (Å²) < 4.78 is 0. The average molecular weight is 317 g/mol. The Hall–Kier alpha value is 0.0543. The van der Waals surface area contributed by atoms with E-state index < -0.39 is 5.97 Å². The second kappa shape index (κ2) is 24.1. The minimum Gasteiger partial charge on any atom is -0.584 e. The summed E-state index contributed by atoms with van der Waals surface area (Å²) in [5.74, 6) is -1.33. The van der Waals surface area contributed by atoms with Crippen LogP contribution in [0.5, 0.6) is 0 Å². The van der Waals surface area contributed by atoms with Crippen molar-refractivity contribution in [2.75, 3.05) is 0 Å². The summed E-state index contributed by atoms with van der Waals surface area (Å²) in [6, 6.07) is 0. The molecule has 0 amide bonds. The van der Waals surface area contributed by atoms with Crippen LogP contribution in [-0.2, 0) is 26.5 Å². The van der Waals surface area contributed by atoms with Gasteiger partial charge in [-0.25, -0.2) is 0 Å². The normalized spacial score (nSPS) is 9.30. The van der Waals surface area contributed by atoms with Crippen LogP contribution in [0.2, 0.25) is 0 Å². The van der Waals surface area contributed by atoms with E-state index in [1.807, 2.05) is 0 Å². The number of hydrogen-bond acceptors (Lipinski definition) is 2. The van der Waals surface area contributed by atoms with Crippen molar-refractivity contribution < 1.29 is 31.6 Å². The smallest absolute Gasteiger partial charge is 0.584 e. The predicted octanol–water partition coefficient (Wildman–Crippen LogP) is 4.48. The van der Waals surface area contributed by atoms with Gasteiger partial charge < -0.3 is 23.7 Å². The Morgan fingerprint density at radius 2 is 1.05 bits per heavy atom. The van der Waals surface area contributed by atoms with E-state index in [4.69, 9.17) is 9.90 Å². The van der Waals surface area contributed by atoms with Gasteiger partial charge in [0.05, 0.1) is 0 Å². The molecular formula is C17H33O2Ti-. The Labute approximate surface area is 142 Å². The number of hydrogen-bond donors (Lipinski definition) is 0. The van der Waals surface area contributed by atoms with Gasteiger partial charge in [-0.05, 0) is 0 Å². The number of rotatable bonds is 12. The van der Waals surface area contributed by atoms with Crippen molar-refractivity contribution >= 4 is 5.97 Å². The van der Waals surface area contributed by atoms with Crippen LogP contribution < -0.4 is 5.11 Å². The van der Waals surface area contributed by atoms with Crippen molar-refractivity contribution in [1.82, 2.24) is 0 Å². The summed E-state index contributed by atoms with van der Waals surface area (Å²) in [5, 5.41) is 8.78. The molecular weight excluding hydrogens is 284 g/mol. The molecule has 0 aromatic heterocycles. The maximum atomic E-state index is 8.78. The Morgan fingerprint density at radius 3 is 1.30 bits per heavy atom. The molecule has 0 spiro atoms. The first-order valence-corrected chi connectivity index (χ1v) is 7.97. The maximum Gasteiger partial charge on any atom is 2.00 e. The number of carbonyl (C=O) groups is 1. The van der Waals surface area contributed by atoms with Gasteiger partial charge in [-0.2, -0.15) is 6.42 Å². The summed E-state index contributed by atoms with van der Waals surface area (Å²) in [7, 11) is 0. The van der Waals surface area contributed by atoms with E-state index in [9.17, 15) is 0 Å². The van der Waals surface area contributed by atoms with Gasteiger partial charge in [0.1, 0.15) is 0 Å². The second-order valence-corrected chi connectivity index (χ2v) is 5.11. The fourth-order valence-electron chi connectivity index (χ4n) is 2.02. The van der Waals surface area contributed by atoms with Crippen molar-refractivity contribution in [2.45, 2.75) is 90.4 Å². The number of aliphatic carboxylic acids is 1. The number of carboxylic acid groups (broad SMARTS) is 1. The van der Waals surface area contributed by atoms with Gasteiger partial charge >= 0.3 is 21.7 Å². The summed E-state index contributed by atoms with van der Waals surface area (Å²) in [6.07, 6.45) is 18.3. The van der Waals surface area contributed by atoms with Gasteiger partial charge in [-0.3, -0.25) is 0 Å². The van der Waals surface area contributed by atoms with Crippen LogP contribution in [-0.4, -0.2) is 5.97 Å². The fraction of sp³-hybridized carbons (Fsp3) is 0.824. The number of carbonyl (C=O) groups excluding carboxylic acids is 1. The zero-order chi connectivity index (χ0) is 14.8. The monoisotopic (exact) mass is 317 g/mol. The van der Waals surface area contributed by atoms with Gasteiger partial charge in [0.25, 0.3) is 0 Å². The molecule has 0 saturated carbocycles. The Kier molecular flexibility index (Phi) is 30.2. The summed E-state index contributed by atoms with van der Waals surface area (Å²) in [6.45, 7) is 8.60. The van der Waals surface area contributed by atoms with E-state index in [-0.39, 0.29) is 21.7 Å². The summed E-state index contributed by atoms with van der Waals surface area (Å²) in [4.78, 5) is 8.78. The van der Waals surface area contributed by atoms with Crippen LogP contribution in [0.25, 0.3) is 0 Å².